The van der Waals surface area contributed by atoms with E-state index in [0.29, 0.717) is 4.99 Å². The summed E-state index contributed by atoms with van der Waals surface area (Å²) in [5, 5.41) is 1.22. The summed E-state index contributed by atoms with van der Waals surface area (Å²) >= 11 is 5.03. The minimum Gasteiger partial charge on any atom is -0.389 e. The second kappa shape index (κ2) is 5.94. The van der Waals surface area contributed by atoms with E-state index in [0.717, 1.165) is 12.1 Å². The van der Waals surface area contributed by atoms with E-state index in [1.165, 1.54) is 49.8 Å². The van der Waals surface area contributed by atoms with Crippen LogP contribution in [0.4, 0.5) is 0 Å². The van der Waals surface area contributed by atoms with Crippen molar-refractivity contribution in [2.24, 2.45) is 5.73 Å². The first-order valence-corrected chi connectivity index (χ1v) is 7.76. The van der Waals surface area contributed by atoms with E-state index in [2.05, 4.69) is 33.9 Å². The van der Waals surface area contributed by atoms with Gasteiger partial charge in [0, 0.05) is 29.2 Å². The lowest BCUT2D eigenvalue weighted by molar-refractivity contribution is 0.326. The monoisotopic (exact) mass is 287 g/mol. The standard InChI is InChI=1S/C16H21N3S/c17-16(20)14-4-5-15-13(12-14)6-11-19(15)10-3-9-18-7-1-2-8-18/h4-6,11-12H,1-3,7-10H2,(H2,17,20). The summed E-state index contributed by atoms with van der Waals surface area (Å²) in [7, 11) is 0. The molecule has 1 aromatic heterocycles. The van der Waals surface area contributed by atoms with Crippen molar-refractivity contribution in [3.63, 3.8) is 0 Å². The predicted molar refractivity (Wildman–Crippen MR) is 88.1 cm³/mol. The predicted octanol–water partition coefficient (Wildman–Crippen LogP) is 2.76. The Hall–Kier alpha value is -1.39. The van der Waals surface area contributed by atoms with Crippen LogP contribution in [0.25, 0.3) is 10.9 Å². The number of nitrogens with two attached hydrogens (primary N) is 1. The Labute approximate surface area is 125 Å². The molecule has 2 heterocycles. The number of hydrogen-bond donors (Lipinski definition) is 1. The Bertz CT molecular complexity index is 611. The molecule has 3 rings (SSSR count). The van der Waals surface area contributed by atoms with Crippen LogP contribution in [0.1, 0.15) is 24.8 Å². The van der Waals surface area contributed by atoms with Crippen molar-refractivity contribution in [3.8, 4) is 0 Å². The fourth-order valence-electron chi connectivity index (χ4n) is 3.02. The van der Waals surface area contributed by atoms with E-state index < -0.39 is 0 Å². The molecule has 1 aliphatic rings. The number of nitrogens with zero attached hydrogens (tertiary/aromatic N) is 2. The quantitative estimate of drug-likeness (QED) is 0.859. The minimum atomic E-state index is 0.466. The van der Waals surface area contributed by atoms with E-state index in [4.69, 9.17) is 18.0 Å². The lowest BCUT2D eigenvalue weighted by Gasteiger charge is -2.14. The topological polar surface area (TPSA) is 34.2 Å². The van der Waals surface area contributed by atoms with E-state index in [1.807, 2.05) is 6.07 Å². The maximum atomic E-state index is 5.68. The zero-order chi connectivity index (χ0) is 13.9. The van der Waals surface area contributed by atoms with E-state index in [1.54, 1.807) is 0 Å². The summed E-state index contributed by atoms with van der Waals surface area (Å²) in [6.07, 6.45) is 6.11. The molecule has 0 bridgehead atoms. The number of likely N-dealkylation sites (tertiary alicyclic amines) is 1. The number of benzene rings is 1. The zero-order valence-corrected chi connectivity index (χ0v) is 12.5. The van der Waals surface area contributed by atoms with Crippen molar-refractivity contribution in [2.45, 2.75) is 25.8 Å². The van der Waals surface area contributed by atoms with Crippen LogP contribution in [-0.4, -0.2) is 34.1 Å². The largest absolute Gasteiger partial charge is 0.389 e. The molecule has 1 saturated heterocycles. The van der Waals surface area contributed by atoms with Gasteiger partial charge in [-0.2, -0.15) is 0 Å². The smallest absolute Gasteiger partial charge is 0.104 e. The summed E-state index contributed by atoms with van der Waals surface area (Å²) in [5.74, 6) is 0. The van der Waals surface area contributed by atoms with Gasteiger partial charge in [0.25, 0.3) is 0 Å². The van der Waals surface area contributed by atoms with Gasteiger partial charge in [-0.25, -0.2) is 0 Å². The Morgan fingerprint density at radius 3 is 2.70 bits per heavy atom. The van der Waals surface area contributed by atoms with Crippen molar-refractivity contribution in [1.29, 1.82) is 0 Å². The van der Waals surface area contributed by atoms with Gasteiger partial charge in [-0.3, -0.25) is 0 Å². The highest BCUT2D eigenvalue weighted by molar-refractivity contribution is 7.80. The SMILES string of the molecule is NC(=S)c1ccc2c(ccn2CCCN2CCCC2)c1. The number of aromatic nitrogens is 1. The third kappa shape index (κ3) is 2.86. The van der Waals surface area contributed by atoms with Crippen molar-refractivity contribution >= 4 is 28.1 Å². The maximum absolute atomic E-state index is 5.68. The number of aryl methyl sites for hydroxylation is 1. The summed E-state index contributed by atoms with van der Waals surface area (Å²) in [5.41, 5.74) is 7.90. The summed E-state index contributed by atoms with van der Waals surface area (Å²) in [6, 6.07) is 8.36. The summed E-state index contributed by atoms with van der Waals surface area (Å²) in [4.78, 5) is 3.03. The molecule has 0 radical (unpaired) electrons. The highest BCUT2D eigenvalue weighted by Crippen LogP contribution is 2.18. The van der Waals surface area contributed by atoms with Crippen molar-refractivity contribution < 1.29 is 0 Å². The minimum absolute atomic E-state index is 0.466. The molecule has 106 valence electrons. The van der Waals surface area contributed by atoms with E-state index in [-0.39, 0.29) is 0 Å². The molecule has 1 aromatic carbocycles. The van der Waals surface area contributed by atoms with Crippen molar-refractivity contribution in [1.82, 2.24) is 9.47 Å². The molecule has 3 nitrogen and oxygen atoms in total. The fourth-order valence-corrected chi connectivity index (χ4v) is 3.15. The summed E-state index contributed by atoms with van der Waals surface area (Å²) < 4.78 is 2.33. The third-order valence-corrected chi connectivity index (χ3v) is 4.36. The Morgan fingerprint density at radius 2 is 1.95 bits per heavy atom. The van der Waals surface area contributed by atoms with Crippen LogP contribution in [0, 0.1) is 0 Å². The Balaban J connectivity index is 1.67. The third-order valence-electron chi connectivity index (χ3n) is 4.13. The first-order chi connectivity index (χ1) is 9.74. The fraction of sp³-hybridized carbons (Fsp3) is 0.438. The molecular weight excluding hydrogens is 266 g/mol. The van der Waals surface area contributed by atoms with Gasteiger partial charge in [0.05, 0.1) is 0 Å². The Morgan fingerprint density at radius 1 is 1.15 bits per heavy atom. The van der Waals surface area contributed by atoms with Gasteiger partial charge < -0.3 is 15.2 Å². The van der Waals surface area contributed by atoms with Crippen LogP contribution < -0.4 is 5.73 Å². The van der Waals surface area contributed by atoms with Gasteiger partial charge in [-0.1, -0.05) is 12.2 Å². The Kier molecular flexibility index (Phi) is 4.03. The second-order valence-corrected chi connectivity index (χ2v) is 5.99. The molecule has 2 aromatic rings. The number of rotatable bonds is 5. The molecule has 1 fully saturated rings. The van der Waals surface area contributed by atoms with Crippen molar-refractivity contribution in [3.05, 3.63) is 36.0 Å². The molecule has 0 spiro atoms. The molecule has 0 saturated carbocycles. The van der Waals surface area contributed by atoms with Crippen LogP contribution in [0.2, 0.25) is 0 Å². The normalized spacial score (nSPS) is 16.0. The van der Waals surface area contributed by atoms with Gasteiger partial charge in [0.2, 0.25) is 0 Å². The van der Waals surface area contributed by atoms with Gasteiger partial charge in [0.1, 0.15) is 4.99 Å². The van der Waals surface area contributed by atoms with Crippen LogP contribution in [-0.2, 0) is 6.54 Å². The number of thiocarbonyl (C=S) groups is 1. The lowest BCUT2D eigenvalue weighted by Crippen LogP contribution is -2.21. The van der Waals surface area contributed by atoms with Gasteiger partial charge in [0.15, 0.2) is 0 Å². The molecular formula is C16H21N3S. The van der Waals surface area contributed by atoms with Gasteiger partial charge in [-0.15, -0.1) is 0 Å². The second-order valence-electron chi connectivity index (χ2n) is 5.55. The first kappa shape index (κ1) is 13.6. The molecule has 0 amide bonds. The zero-order valence-electron chi connectivity index (χ0n) is 11.7. The van der Waals surface area contributed by atoms with Gasteiger partial charge >= 0.3 is 0 Å². The molecule has 0 aliphatic carbocycles. The average molecular weight is 287 g/mol. The molecule has 1 aliphatic heterocycles. The molecule has 0 atom stereocenters. The van der Waals surface area contributed by atoms with Gasteiger partial charge in [-0.05, 0) is 63.2 Å². The summed E-state index contributed by atoms with van der Waals surface area (Å²) in [6.45, 7) is 4.85. The van der Waals surface area contributed by atoms with Crippen LogP contribution in [0.15, 0.2) is 30.5 Å². The maximum Gasteiger partial charge on any atom is 0.104 e. The lowest BCUT2D eigenvalue weighted by atomic mass is 10.1. The highest BCUT2D eigenvalue weighted by atomic mass is 32.1. The van der Waals surface area contributed by atoms with Crippen molar-refractivity contribution in [2.75, 3.05) is 19.6 Å². The highest BCUT2D eigenvalue weighted by Gasteiger charge is 2.10. The van der Waals surface area contributed by atoms with Crippen LogP contribution in [0.3, 0.4) is 0 Å². The van der Waals surface area contributed by atoms with Crippen LogP contribution >= 0.6 is 12.2 Å². The number of fused-ring (bicyclic) bond motifs is 1. The first-order valence-electron chi connectivity index (χ1n) is 7.35. The van der Waals surface area contributed by atoms with E-state index >= 15 is 0 Å². The average Bonchev–Trinajstić information content (AvgIpc) is 3.08. The molecule has 0 unspecified atom stereocenters. The van der Waals surface area contributed by atoms with E-state index in [9.17, 15) is 0 Å². The van der Waals surface area contributed by atoms with Crippen LogP contribution in [0.5, 0.6) is 0 Å². The molecule has 2 N–H and O–H groups in total. The number of hydrogen-bond acceptors (Lipinski definition) is 2. The molecule has 4 heteroatoms. The molecule has 20 heavy (non-hydrogen) atoms.